The van der Waals surface area contributed by atoms with E-state index in [9.17, 15) is 14.4 Å². The van der Waals surface area contributed by atoms with Gasteiger partial charge in [-0.05, 0) is 31.5 Å². The molecule has 0 unspecified atom stereocenters. The van der Waals surface area contributed by atoms with E-state index < -0.39 is 5.41 Å². The van der Waals surface area contributed by atoms with Crippen LogP contribution >= 0.6 is 0 Å². The van der Waals surface area contributed by atoms with E-state index in [1.807, 2.05) is 38.1 Å². The number of nitrogens with zero attached hydrogens (tertiary/aromatic N) is 2. The molecule has 2 fully saturated rings. The second-order valence-corrected chi connectivity index (χ2v) is 8.32. The molecule has 4 amide bonds. The van der Waals surface area contributed by atoms with Gasteiger partial charge >= 0.3 is 6.03 Å². The summed E-state index contributed by atoms with van der Waals surface area (Å²) in [7, 11) is 1.60. The Bertz CT molecular complexity index is 782. The van der Waals surface area contributed by atoms with Gasteiger partial charge in [-0.15, -0.1) is 0 Å². The van der Waals surface area contributed by atoms with Crippen LogP contribution in [0.25, 0.3) is 0 Å². The number of nitrogens with one attached hydrogen (secondary N) is 2. The quantitative estimate of drug-likeness (QED) is 0.786. The average molecular weight is 402 g/mol. The fraction of sp³-hybridized carbons (Fsp3) is 0.571. The van der Waals surface area contributed by atoms with Gasteiger partial charge in [0.1, 0.15) is 5.75 Å². The average Bonchev–Trinajstić information content (AvgIpc) is 2.92. The molecule has 29 heavy (non-hydrogen) atoms. The highest BCUT2D eigenvalue weighted by molar-refractivity contribution is 5.82. The van der Waals surface area contributed by atoms with E-state index >= 15 is 0 Å². The van der Waals surface area contributed by atoms with Crippen molar-refractivity contribution in [2.45, 2.75) is 32.7 Å². The first-order valence-corrected chi connectivity index (χ1v) is 10.0. The lowest BCUT2D eigenvalue weighted by Crippen LogP contribution is -2.48. The van der Waals surface area contributed by atoms with Crippen LogP contribution < -0.4 is 15.4 Å². The van der Waals surface area contributed by atoms with E-state index in [4.69, 9.17) is 4.74 Å². The molecule has 2 saturated heterocycles. The fourth-order valence-corrected chi connectivity index (χ4v) is 4.03. The Kier molecular flexibility index (Phi) is 6.30. The summed E-state index contributed by atoms with van der Waals surface area (Å²) in [5.41, 5.74) is 0.425. The van der Waals surface area contributed by atoms with Crippen LogP contribution in [0.3, 0.4) is 0 Å². The summed E-state index contributed by atoms with van der Waals surface area (Å²) in [6, 6.07) is 7.33. The van der Waals surface area contributed by atoms with Crippen molar-refractivity contribution >= 4 is 17.8 Å². The first-order valence-electron chi connectivity index (χ1n) is 10.0. The molecule has 0 radical (unpaired) electrons. The van der Waals surface area contributed by atoms with Crippen molar-refractivity contribution in [3.05, 3.63) is 29.8 Å². The van der Waals surface area contributed by atoms with E-state index in [0.717, 1.165) is 5.56 Å². The number of amides is 4. The highest BCUT2D eigenvalue weighted by atomic mass is 16.5. The number of ether oxygens (including phenoxy) is 1. The standard InChI is InChI=1S/C21H30N4O4/c1-15(2)23-20(28)25-8-7-24(13-21(14-25)11-18(26)22-12-21)19(27)10-16-5-4-6-17(9-16)29-3/h4-6,9,15H,7-8,10-14H2,1-3H3,(H,22,26)(H,23,28)/t21-/m1/s1. The molecule has 0 aliphatic carbocycles. The normalized spacial score (nSPS) is 21.9. The van der Waals surface area contributed by atoms with Gasteiger partial charge in [-0.2, -0.15) is 0 Å². The highest BCUT2D eigenvalue weighted by Gasteiger charge is 2.44. The summed E-state index contributed by atoms with van der Waals surface area (Å²) in [6.07, 6.45) is 0.578. The summed E-state index contributed by atoms with van der Waals surface area (Å²) in [5.74, 6) is 0.671. The molecule has 1 aromatic rings. The van der Waals surface area contributed by atoms with Crippen LogP contribution in [0, 0.1) is 5.41 Å². The van der Waals surface area contributed by atoms with Crippen LogP contribution in [0.5, 0.6) is 5.75 Å². The Morgan fingerprint density at radius 1 is 1.24 bits per heavy atom. The predicted molar refractivity (Wildman–Crippen MR) is 109 cm³/mol. The maximum atomic E-state index is 13.1. The van der Waals surface area contributed by atoms with E-state index in [-0.39, 0.29) is 30.3 Å². The molecular formula is C21H30N4O4. The molecule has 1 atom stereocenters. The highest BCUT2D eigenvalue weighted by Crippen LogP contribution is 2.31. The minimum atomic E-state index is -0.452. The molecule has 2 aliphatic rings. The van der Waals surface area contributed by atoms with Crippen LogP contribution in [-0.2, 0) is 16.0 Å². The van der Waals surface area contributed by atoms with Gasteiger partial charge in [-0.1, -0.05) is 12.1 Å². The van der Waals surface area contributed by atoms with Crippen molar-refractivity contribution in [1.29, 1.82) is 0 Å². The maximum absolute atomic E-state index is 13.1. The Morgan fingerprint density at radius 3 is 2.62 bits per heavy atom. The Labute approximate surface area is 171 Å². The van der Waals surface area contributed by atoms with Crippen molar-refractivity contribution in [3.8, 4) is 5.75 Å². The first kappa shape index (κ1) is 21.0. The second kappa shape index (κ2) is 8.71. The van der Waals surface area contributed by atoms with Crippen molar-refractivity contribution in [3.63, 3.8) is 0 Å². The maximum Gasteiger partial charge on any atom is 0.317 e. The van der Waals surface area contributed by atoms with E-state index in [1.54, 1.807) is 16.9 Å². The number of hydrogen-bond donors (Lipinski definition) is 2. The summed E-state index contributed by atoms with van der Waals surface area (Å²) in [6.45, 7) is 6.10. The first-order chi connectivity index (χ1) is 13.8. The third-order valence-electron chi connectivity index (χ3n) is 5.43. The Balaban J connectivity index is 1.76. The lowest BCUT2D eigenvalue weighted by molar-refractivity contribution is -0.131. The molecule has 8 heteroatoms. The van der Waals surface area contributed by atoms with E-state index in [2.05, 4.69) is 10.6 Å². The van der Waals surface area contributed by atoms with Gasteiger partial charge in [0.2, 0.25) is 11.8 Å². The second-order valence-electron chi connectivity index (χ2n) is 8.32. The zero-order chi connectivity index (χ0) is 21.0. The molecule has 0 bridgehead atoms. The SMILES string of the molecule is COc1cccc(CC(=O)N2CCN(C(=O)NC(C)C)C[C@]3(CNC(=O)C3)C2)c1. The third kappa shape index (κ3) is 5.19. The van der Waals surface area contributed by atoms with E-state index in [0.29, 0.717) is 44.9 Å². The van der Waals surface area contributed by atoms with Gasteiger partial charge in [0.05, 0.1) is 13.5 Å². The van der Waals surface area contributed by atoms with Gasteiger partial charge in [0.15, 0.2) is 0 Å². The van der Waals surface area contributed by atoms with Crippen LogP contribution in [-0.4, -0.2) is 73.5 Å². The van der Waals surface area contributed by atoms with Gasteiger partial charge in [0, 0.05) is 50.6 Å². The van der Waals surface area contributed by atoms with Crippen molar-refractivity contribution in [2.75, 3.05) is 39.8 Å². The number of carbonyl (C=O) groups excluding carboxylic acids is 3. The van der Waals surface area contributed by atoms with Crippen LogP contribution in [0.15, 0.2) is 24.3 Å². The van der Waals surface area contributed by atoms with Crippen LogP contribution in [0.2, 0.25) is 0 Å². The molecule has 2 heterocycles. The fourth-order valence-electron chi connectivity index (χ4n) is 4.03. The van der Waals surface area contributed by atoms with Gasteiger partial charge in [-0.25, -0.2) is 4.79 Å². The number of hydrogen-bond acceptors (Lipinski definition) is 4. The lowest BCUT2D eigenvalue weighted by Gasteiger charge is -2.33. The van der Waals surface area contributed by atoms with Gasteiger partial charge in [-0.3, -0.25) is 9.59 Å². The summed E-state index contributed by atoms with van der Waals surface area (Å²) in [5, 5.41) is 5.80. The molecule has 8 nitrogen and oxygen atoms in total. The Hall–Kier alpha value is -2.77. The lowest BCUT2D eigenvalue weighted by atomic mass is 9.86. The summed E-state index contributed by atoms with van der Waals surface area (Å²) < 4.78 is 5.24. The topological polar surface area (TPSA) is 91.0 Å². The van der Waals surface area contributed by atoms with Crippen molar-refractivity contribution in [1.82, 2.24) is 20.4 Å². The number of methoxy groups -OCH3 is 1. The molecule has 1 spiro atoms. The monoisotopic (exact) mass is 402 g/mol. The largest absolute Gasteiger partial charge is 0.497 e. The van der Waals surface area contributed by atoms with Gasteiger partial charge < -0.3 is 25.2 Å². The zero-order valence-electron chi connectivity index (χ0n) is 17.4. The van der Waals surface area contributed by atoms with Gasteiger partial charge in [0.25, 0.3) is 0 Å². The molecule has 2 N–H and O–H groups in total. The molecule has 0 aromatic heterocycles. The minimum absolute atomic E-state index is 0.0110. The smallest absolute Gasteiger partial charge is 0.317 e. The molecule has 2 aliphatic heterocycles. The van der Waals surface area contributed by atoms with Crippen LogP contribution in [0.4, 0.5) is 4.79 Å². The molecule has 158 valence electrons. The zero-order valence-corrected chi connectivity index (χ0v) is 17.4. The molecular weight excluding hydrogens is 372 g/mol. The number of benzene rings is 1. The van der Waals surface area contributed by atoms with Crippen molar-refractivity contribution < 1.29 is 19.1 Å². The minimum Gasteiger partial charge on any atom is -0.497 e. The predicted octanol–water partition coefficient (Wildman–Crippen LogP) is 1.01. The molecule has 3 rings (SSSR count). The number of carbonyl (C=O) groups is 3. The van der Waals surface area contributed by atoms with E-state index in [1.165, 1.54) is 0 Å². The molecule has 0 saturated carbocycles. The molecule has 1 aromatic carbocycles. The Morgan fingerprint density at radius 2 is 1.97 bits per heavy atom. The third-order valence-corrected chi connectivity index (χ3v) is 5.43. The number of urea groups is 1. The summed E-state index contributed by atoms with van der Waals surface area (Å²) >= 11 is 0. The summed E-state index contributed by atoms with van der Waals surface area (Å²) in [4.78, 5) is 41.2. The number of rotatable bonds is 4. The van der Waals surface area contributed by atoms with Crippen LogP contribution in [0.1, 0.15) is 25.8 Å². The van der Waals surface area contributed by atoms with Crippen molar-refractivity contribution in [2.24, 2.45) is 5.41 Å².